The van der Waals surface area contributed by atoms with Crippen LogP contribution in [-0.2, 0) is 0 Å². The minimum atomic E-state index is -0.248. The number of halogens is 1. The summed E-state index contributed by atoms with van der Waals surface area (Å²) in [5, 5.41) is 19.1. The molecule has 0 amide bonds. The first kappa shape index (κ1) is 20.6. The quantitative estimate of drug-likeness (QED) is 0.428. The molecule has 2 unspecified atom stereocenters. The van der Waals surface area contributed by atoms with Gasteiger partial charge in [-0.3, -0.25) is 0 Å². The predicted molar refractivity (Wildman–Crippen MR) is 96.1 cm³/mol. The van der Waals surface area contributed by atoms with Gasteiger partial charge in [0.05, 0.1) is 0 Å². The van der Waals surface area contributed by atoms with Crippen LogP contribution in [0.15, 0.2) is 60.7 Å². The normalized spacial score (nSPS) is 12.9. The second-order valence-electron chi connectivity index (χ2n) is 6.19. The van der Waals surface area contributed by atoms with Gasteiger partial charge in [-0.25, -0.2) is 4.39 Å². The first-order valence-corrected chi connectivity index (χ1v) is 8.04. The van der Waals surface area contributed by atoms with Crippen molar-refractivity contribution < 1.29 is 45.7 Å². The first-order chi connectivity index (χ1) is 12.0. The minimum absolute atomic E-state index is 0. The standard InChI is InChI=1S/C22H19FO2.U/c1-14-13-18(7-12-21(14)23)22(17-5-10-20(25)11-6-17)15(2)16-3-8-19(24)9-4-16;/h3-5,7-13,15,22,24-25H,2H2,1H3;/q-2;+2. The maximum absolute atomic E-state index is 13.7. The largest absolute Gasteiger partial charge is 2.00 e. The van der Waals surface area contributed by atoms with Gasteiger partial charge in [-0.05, 0) is 42.2 Å². The number of benzene rings is 3. The molecule has 0 heterocycles. The molecular weight excluding hydrogens is 553 g/mol. The van der Waals surface area contributed by atoms with Gasteiger partial charge in [0.2, 0.25) is 0 Å². The van der Waals surface area contributed by atoms with Crippen LogP contribution in [0.1, 0.15) is 34.1 Å². The topological polar surface area (TPSA) is 40.5 Å². The third kappa shape index (κ3) is 4.50. The number of aryl methyl sites for hydroxylation is 1. The van der Waals surface area contributed by atoms with E-state index in [1.54, 1.807) is 37.3 Å². The second-order valence-corrected chi connectivity index (χ2v) is 6.19. The van der Waals surface area contributed by atoms with Gasteiger partial charge in [-0.2, -0.15) is 17.7 Å². The Bertz CT molecular complexity index is 860. The number of hydrogen-bond donors (Lipinski definition) is 2. The molecule has 0 bridgehead atoms. The minimum Gasteiger partial charge on any atom is -0.566 e. The molecular formula is C22H19FO2U. The van der Waals surface area contributed by atoms with Gasteiger partial charge in [-0.15, -0.1) is 18.1 Å². The van der Waals surface area contributed by atoms with E-state index in [1.807, 2.05) is 18.2 Å². The monoisotopic (exact) mass is 572 g/mol. The molecule has 4 heteroatoms. The number of phenols is 2. The van der Waals surface area contributed by atoms with E-state index in [9.17, 15) is 14.6 Å². The Morgan fingerprint density at radius 3 is 2.12 bits per heavy atom. The first-order valence-electron chi connectivity index (χ1n) is 8.04. The number of phenolic OH excluding ortho intramolecular Hbond substituents is 2. The van der Waals surface area contributed by atoms with Crippen LogP contribution in [0, 0.1) is 56.8 Å². The van der Waals surface area contributed by atoms with Crippen molar-refractivity contribution in [2.24, 2.45) is 0 Å². The molecule has 0 aliphatic heterocycles. The van der Waals surface area contributed by atoms with E-state index < -0.39 is 0 Å². The molecule has 0 aromatic heterocycles. The van der Waals surface area contributed by atoms with Crippen LogP contribution in [0.3, 0.4) is 0 Å². The molecule has 0 saturated carbocycles. The predicted octanol–water partition coefficient (Wildman–Crippen LogP) is 5.10. The summed E-state index contributed by atoms with van der Waals surface area (Å²) in [6, 6.07) is 20.0. The van der Waals surface area contributed by atoms with Crippen LogP contribution in [0.4, 0.5) is 4.39 Å². The molecule has 3 aromatic carbocycles. The Kier molecular flexibility index (Phi) is 6.92. The summed E-state index contributed by atoms with van der Waals surface area (Å²) in [5.74, 6) is -0.248. The van der Waals surface area contributed by atoms with Crippen LogP contribution >= 0.6 is 0 Å². The van der Waals surface area contributed by atoms with Gasteiger partial charge in [-0.1, -0.05) is 29.8 Å². The Morgan fingerprint density at radius 2 is 1.54 bits per heavy atom. The van der Waals surface area contributed by atoms with Crippen molar-refractivity contribution in [3.63, 3.8) is 0 Å². The van der Waals surface area contributed by atoms with Gasteiger partial charge in [0.15, 0.2) is 0 Å². The number of aromatic hydroxyl groups is 2. The third-order valence-electron chi connectivity index (χ3n) is 4.42. The fourth-order valence-corrected chi connectivity index (χ4v) is 3.03. The van der Waals surface area contributed by atoms with E-state index in [0.29, 0.717) is 5.56 Å². The summed E-state index contributed by atoms with van der Waals surface area (Å²) in [6.07, 6.45) is 0. The maximum atomic E-state index is 13.7. The second kappa shape index (κ2) is 8.75. The molecule has 0 saturated heterocycles. The average molecular weight is 572 g/mol. The maximum Gasteiger partial charge on any atom is 2.00 e. The van der Waals surface area contributed by atoms with Crippen molar-refractivity contribution >= 4 is 0 Å². The SMILES string of the molecule is [CH2-]C(c1ccc(O)cc1)C(c1[c-]cc(O)cc1)c1ccc(F)c(C)c1.[U+2]. The van der Waals surface area contributed by atoms with Crippen LogP contribution in [-0.4, -0.2) is 10.2 Å². The molecule has 0 aliphatic rings. The zero-order valence-electron chi connectivity index (χ0n) is 14.4. The van der Waals surface area contributed by atoms with E-state index in [1.165, 1.54) is 12.1 Å². The summed E-state index contributed by atoms with van der Waals surface area (Å²) >= 11 is 0. The molecule has 0 spiro atoms. The summed E-state index contributed by atoms with van der Waals surface area (Å²) in [6.45, 7) is 6.04. The van der Waals surface area contributed by atoms with Crippen LogP contribution in [0.5, 0.6) is 11.5 Å². The molecule has 0 fully saturated rings. The fourth-order valence-electron chi connectivity index (χ4n) is 3.03. The Balaban J connectivity index is 0.00000243. The average Bonchev–Trinajstić information content (AvgIpc) is 2.60. The summed E-state index contributed by atoms with van der Waals surface area (Å²) in [7, 11) is 0. The molecule has 0 radical (unpaired) electrons. The number of hydrogen-bond acceptors (Lipinski definition) is 2. The van der Waals surface area contributed by atoms with Crippen LogP contribution in [0.2, 0.25) is 0 Å². The van der Waals surface area contributed by atoms with E-state index in [4.69, 9.17) is 0 Å². The van der Waals surface area contributed by atoms with Crippen molar-refractivity contribution in [3.05, 3.63) is 102 Å². The molecule has 2 atom stereocenters. The van der Waals surface area contributed by atoms with Crippen molar-refractivity contribution in [3.8, 4) is 11.5 Å². The van der Waals surface area contributed by atoms with E-state index >= 15 is 0 Å². The van der Waals surface area contributed by atoms with Crippen molar-refractivity contribution in [2.75, 3.05) is 0 Å². The van der Waals surface area contributed by atoms with E-state index in [-0.39, 0.29) is 60.3 Å². The molecule has 26 heavy (non-hydrogen) atoms. The Hall–Kier alpha value is -1.76. The van der Waals surface area contributed by atoms with Gasteiger partial charge >= 0.3 is 31.1 Å². The summed E-state index contributed by atoms with van der Waals surface area (Å²) in [4.78, 5) is 0. The molecule has 2 N–H and O–H groups in total. The zero-order chi connectivity index (χ0) is 18.0. The molecule has 3 aromatic rings. The number of rotatable bonds is 4. The molecule has 3 rings (SSSR count). The van der Waals surface area contributed by atoms with Gasteiger partial charge in [0, 0.05) is 5.75 Å². The Labute approximate surface area is 177 Å². The van der Waals surface area contributed by atoms with E-state index in [2.05, 4.69) is 13.0 Å². The van der Waals surface area contributed by atoms with Crippen molar-refractivity contribution in [1.82, 2.24) is 0 Å². The zero-order valence-corrected chi connectivity index (χ0v) is 18.6. The molecule has 2 nitrogen and oxygen atoms in total. The smallest absolute Gasteiger partial charge is 0.566 e. The molecule has 130 valence electrons. The van der Waals surface area contributed by atoms with Crippen LogP contribution < -0.4 is 0 Å². The van der Waals surface area contributed by atoms with Gasteiger partial charge in [0.1, 0.15) is 11.6 Å². The van der Waals surface area contributed by atoms with E-state index in [0.717, 1.165) is 16.7 Å². The third-order valence-corrected chi connectivity index (χ3v) is 4.42. The summed E-state index contributed by atoms with van der Waals surface area (Å²) in [5.41, 5.74) is 3.30. The van der Waals surface area contributed by atoms with Crippen LogP contribution in [0.25, 0.3) is 0 Å². The van der Waals surface area contributed by atoms with Crippen molar-refractivity contribution in [2.45, 2.75) is 18.8 Å². The summed E-state index contributed by atoms with van der Waals surface area (Å²) < 4.78 is 13.7. The fraction of sp³-hybridized carbons (Fsp3) is 0.136. The Morgan fingerprint density at radius 1 is 0.923 bits per heavy atom. The van der Waals surface area contributed by atoms with Gasteiger partial charge in [0.25, 0.3) is 0 Å². The van der Waals surface area contributed by atoms with Crippen molar-refractivity contribution in [1.29, 1.82) is 0 Å². The molecule has 0 aliphatic carbocycles. The van der Waals surface area contributed by atoms with Gasteiger partial charge < -0.3 is 17.1 Å².